The van der Waals surface area contributed by atoms with Gasteiger partial charge in [-0.25, -0.2) is 0 Å². The molecule has 2 fully saturated rings. The molecule has 1 heterocycles. The predicted octanol–water partition coefficient (Wildman–Crippen LogP) is 1.33. The van der Waals surface area contributed by atoms with Gasteiger partial charge in [-0.05, 0) is 30.8 Å². The summed E-state index contributed by atoms with van der Waals surface area (Å²) in [6.45, 7) is 0.791. The third-order valence-electron chi connectivity index (χ3n) is 4.77. The average Bonchev–Trinajstić information content (AvgIpc) is 3.09. The van der Waals surface area contributed by atoms with Crippen LogP contribution in [-0.4, -0.2) is 28.8 Å². The van der Waals surface area contributed by atoms with Crippen molar-refractivity contribution < 1.29 is 5.11 Å². The van der Waals surface area contributed by atoms with Crippen molar-refractivity contribution in [3.05, 3.63) is 11.3 Å². The van der Waals surface area contributed by atoms with Crippen LogP contribution in [0, 0.1) is 23.2 Å². The van der Waals surface area contributed by atoms with Gasteiger partial charge in [0.05, 0.1) is 6.04 Å². The number of aliphatic hydroxyl groups excluding tert-OH is 1. The maximum Gasteiger partial charge on any atom is 0.143 e. The molecule has 0 bridgehead atoms. The third-order valence-corrected chi connectivity index (χ3v) is 4.77. The normalized spacial score (nSPS) is 30.9. The highest BCUT2D eigenvalue weighted by molar-refractivity contribution is 5.43. The second-order valence-electron chi connectivity index (χ2n) is 5.93. The fourth-order valence-electron chi connectivity index (χ4n) is 3.53. The second-order valence-corrected chi connectivity index (χ2v) is 5.93. The van der Waals surface area contributed by atoms with Crippen LogP contribution in [0.3, 0.4) is 0 Å². The predicted molar refractivity (Wildman–Crippen MR) is 68.0 cm³/mol. The first kappa shape index (κ1) is 12.0. The van der Waals surface area contributed by atoms with E-state index in [1.165, 1.54) is 24.8 Å². The molecule has 4 nitrogen and oxygen atoms in total. The number of hydrogen-bond acceptors (Lipinski definition) is 4. The minimum atomic E-state index is -0.678. The molecule has 0 aromatic carbocycles. The van der Waals surface area contributed by atoms with E-state index in [9.17, 15) is 10.4 Å². The molecule has 0 aromatic rings. The molecule has 3 atom stereocenters. The minimum Gasteiger partial charge on any atom is -0.372 e. The third kappa shape index (κ3) is 1.92. The van der Waals surface area contributed by atoms with Gasteiger partial charge in [-0.3, -0.25) is 0 Å². The van der Waals surface area contributed by atoms with Gasteiger partial charge in [0.25, 0.3) is 0 Å². The number of fused-ring (bicyclic) bond motifs is 1. The largest absolute Gasteiger partial charge is 0.372 e. The van der Waals surface area contributed by atoms with Crippen LogP contribution >= 0.6 is 0 Å². The van der Waals surface area contributed by atoms with Crippen molar-refractivity contribution in [3.8, 4) is 6.07 Å². The molecule has 0 saturated heterocycles. The molecular weight excluding hydrogens is 226 g/mol. The fourth-order valence-corrected chi connectivity index (χ4v) is 3.53. The number of rotatable bonds is 3. The van der Waals surface area contributed by atoms with Crippen LogP contribution in [0.2, 0.25) is 0 Å². The Hall–Kier alpha value is -1.05. The van der Waals surface area contributed by atoms with Crippen molar-refractivity contribution in [2.45, 2.75) is 50.8 Å². The number of allylic oxidation sites excluding steroid dienone is 1. The van der Waals surface area contributed by atoms with Crippen molar-refractivity contribution in [2.24, 2.45) is 17.6 Å². The van der Waals surface area contributed by atoms with Gasteiger partial charge in [-0.15, -0.1) is 0 Å². The standard InChI is InChI=1S/C14H21N3O/c15-7-12-11-6-10(11)8-17(12)14(18)13(16)9-4-2-1-3-5-9/h9-10,13-14,18H,1-6,8,16H2. The van der Waals surface area contributed by atoms with Crippen LogP contribution in [0.5, 0.6) is 0 Å². The van der Waals surface area contributed by atoms with E-state index >= 15 is 0 Å². The van der Waals surface area contributed by atoms with Gasteiger partial charge < -0.3 is 15.7 Å². The van der Waals surface area contributed by atoms with Gasteiger partial charge in [-0.1, -0.05) is 19.3 Å². The second kappa shape index (κ2) is 4.56. The molecule has 0 aromatic heterocycles. The first-order valence-corrected chi connectivity index (χ1v) is 7.06. The first-order valence-electron chi connectivity index (χ1n) is 7.06. The van der Waals surface area contributed by atoms with E-state index in [-0.39, 0.29) is 6.04 Å². The van der Waals surface area contributed by atoms with E-state index in [0.29, 0.717) is 17.5 Å². The molecule has 2 saturated carbocycles. The smallest absolute Gasteiger partial charge is 0.143 e. The van der Waals surface area contributed by atoms with Crippen LogP contribution in [-0.2, 0) is 0 Å². The molecule has 3 aliphatic rings. The van der Waals surface area contributed by atoms with Crippen LogP contribution < -0.4 is 5.73 Å². The SMILES string of the molecule is N#CC1=C2CC2CN1C(O)C(N)C1CCCCC1. The van der Waals surface area contributed by atoms with Crippen LogP contribution in [0.4, 0.5) is 0 Å². The number of aliphatic hydroxyl groups is 1. The van der Waals surface area contributed by atoms with Crippen LogP contribution in [0.15, 0.2) is 11.3 Å². The van der Waals surface area contributed by atoms with Crippen molar-refractivity contribution in [2.75, 3.05) is 6.54 Å². The number of nitrogens with two attached hydrogens (primary N) is 1. The van der Waals surface area contributed by atoms with E-state index in [2.05, 4.69) is 6.07 Å². The minimum absolute atomic E-state index is 0.216. The zero-order valence-corrected chi connectivity index (χ0v) is 10.7. The summed E-state index contributed by atoms with van der Waals surface area (Å²) in [6.07, 6.45) is 6.34. The molecular formula is C14H21N3O. The highest BCUT2D eigenvalue weighted by Crippen LogP contribution is 2.48. The maximum atomic E-state index is 10.4. The molecule has 3 unspecified atom stereocenters. The highest BCUT2D eigenvalue weighted by Gasteiger charge is 2.46. The van der Waals surface area contributed by atoms with Gasteiger partial charge >= 0.3 is 0 Å². The summed E-state index contributed by atoms with van der Waals surface area (Å²) in [5.41, 5.74) is 8.15. The maximum absolute atomic E-state index is 10.4. The summed E-state index contributed by atoms with van der Waals surface area (Å²) in [5.74, 6) is 0.934. The Morgan fingerprint density at radius 1 is 1.33 bits per heavy atom. The lowest BCUT2D eigenvalue weighted by Crippen LogP contribution is -2.51. The van der Waals surface area contributed by atoms with E-state index < -0.39 is 6.23 Å². The van der Waals surface area contributed by atoms with E-state index in [1.54, 1.807) is 0 Å². The van der Waals surface area contributed by atoms with E-state index in [0.717, 1.165) is 25.8 Å². The monoisotopic (exact) mass is 247 g/mol. The molecule has 3 N–H and O–H groups in total. The zero-order valence-electron chi connectivity index (χ0n) is 10.7. The topological polar surface area (TPSA) is 73.3 Å². The Morgan fingerprint density at radius 3 is 2.72 bits per heavy atom. The highest BCUT2D eigenvalue weighted by atomic mass is 16.3. The molecule has 98 valence electrons. The Bertz CT molecular complexity index is 406. The molecule has 0 radical (unpaired) electrons. The average molecular weight is 247 g/mol. The first-order chi connectivity index (χ1) is 8.72. The molecule has 0 spiro atoms. The molecule has 1 aliphatic heterocycles. The Morgan fingerprint density at radius 2 is 2.06 bits per heavy atom. The van der Waals surface area contributed by atoms with Crippen molar-refractivity contribution in [3.63, 3.8) is 0 Å². The lowest BCUT2D eigenvalue weighted by atomic mass is 9.83. The Kier molecular flexibility index (Phi) is 3.04. The Labute approximate surface area is 108 Å². The van der Waals surface area contributed by atoms with Crippen molar-refractivity contribution in [1.82, 2.24) is 4.90 Å². The lowest BCUT2D eigenvalue weighted by Gasteiger charge is -2.36. The Balaban J connectivity index is 1.67. The van der Waals surface area contributed by atoms with E-state index in [4.69, 9.17) is 5.73 Å². The van der Waals surface area contributed by atoms with Gasteiger partial charge in [0.2, 0.25) is 0 Å². The lowest BCUT2D eigenvalue weighted by molar-refractivity contribution is -0.00825. The molecule has 4 heteroatoms. The summed E-state index contributed by atoms with van der Waals surface area (Å²) < 4.78 is 0. The quantitative estimate of drug-likeness (QED) is 0.789. The van der Waals surface area contributed by atoms with Crippen LogP contribution in [0.1, 0.15) is 38.5 Å². The summed E-state index contributed by atoms with van der Waals surface area (Å²) in [5, 5.41) is 19.6. The number of nitriles is 1. The molecule has 18 heavy (non-hydrogen) atoms. The van der Waals surface area contributed by atoms with Crippen molar-refractivity contribution in [1.29, 1.82) is 5.26 Å². The number of nitrogens with zero attached hydrogens (tertiary/aromatic N) is 2. The van der Waals surface area contributed by atoms with Gasteiger partial charge in [0, 0.05) is 12.5 Å². The molecule has 0 amide bonds. The van der Waals surface area contributed by atoms with Gasteiger partial charge in [-0.2, -0.15) is 5.26 Å². The summed E-state index contributed by atoms with van der Waals surface area (Å²) in [6, 6.07) is 2.02. The fraction of sp³-hybridized carbons (Fsp3) is 0.786. The molecule has 3 rings (SSSR count). The molecule has 2 aliphatic carbocycles. The summed E-state index contributed by atoms with van der Waals surface area (Å²) in [7, 11) is 0. The van der Waals surface area contributed by atoms with Crippen LogP contribution in [0.25, 0.3) is 0 Å². The van der Waals surface area contributed by atoms with Gasteiger partial charge in [0.15, 0.2) is 0 Å². The van der Waals surface area contributed by atoms with E-state index in [1.807, 2.05) is 4.90 Å². The van der Waals surface area contributed by atoms with Crippen molar-refractivity contribution >= 4 is 0 Å². The number of hydrogen-bond donors (Lipinski definition) is 2. The zero-order chi connectivity index (χ0) is 12.7. The summed E-state index contributed by atoms with van der Waals surface area (Å²) in [4.78, 5) is 1.84. The van der Waals surface area contributed by atoms with Gasteiger partial charge in [0.1, 0.15) is 18.0 Å². The summed E-state index contributed by atoms with van der Waals surface area (Å²) >= 11 is 0.